The maximum absolute atomic E-state index is 12.3. The van der Waals surface area contributed by atoms with Gasteiger partial charge in [-0.25, -0.2) is 4.98 Å². The summed E-state index contributed by atoms with van der Waals surface area (Å²) in [6.45, 7) is 1.28. The summed E-state index contributed by atoms with van der Waals surface area (Å²) < 4.78 is 7.77. The Bertz CT molecular complexity index is 862. The Hall–Kier alpha value is -2.82. The van der Waals surface area contributed by atoms with E-state index in [0.717, 1.165) is 23.6 Å². The lowest BCUT2D eigenvalue weighted by Crippen LogP contribution is -2.23. The Morgan fingerprint density at radius 3 is 2.70 bits per heavy atom. The van der Waals surface area contributed by atoms with Crippen LogP contribution in [-0.2, 0) is 6.54 Å². The van der Waals surface area contributed by atoms with Gasteiger partial charge in [0.1, 0.15) is 17.1 Å². The van der Waals surface area contributed by atoms with E-state index < -0.39 is 0 Å². The van der Waals surface area contributed by atoms with Crippen LogP contribution in [0.5, 0.6) is 5.75 Å². The summed E-state index contributed by atoms with van der Waals surface area (Å²) in [6.07, 6.45) is 10.2. The number of imidazole rings is 1. The van der Waals surface area contributed by atoms with Gasteiger partial charge in [-0.2, -0.15) is 0 Å². The number of rotatable bonds is 6. The van der Waals surface area contributed by atoms with Crippen molar-refractivity contribution in [1.29, 1.82) is 0 Å². The second kappa shape index (κ2) is 8.25. The SMILES string of the molecule is O=C(NCc1ccc(OCC2CCCCC2)cc1)c1cn2ccccc2n1. The number of amides is 1. The highest BCUT2D eigenvalue weighted by Gasteiger charge is 2.14. The maximum Gasteiger partial charge on any atom is 0.271 e. The van der Waals surface area contributed by atoms with Crippen LogP contribution in [0.15, 0.2) is 54.9 Å². The zero-order chi connectivity index (χ0) is 18.5. The number of fused-ring (bicyclic) bond motifs is 1. The summed E-state index contributed by atoms with van der Waals surface area (Å²) in [5.41, 5.74) is 2.23. The number of nitrogens with zero attached hydrogens (tertiary/aromatic N) is 2. The Labute approximate surface area is 159 Å². The van der Waals surface area contributed by atoms with Gasteiger partial charge in [0, 0.05) is 18.9 Å². The molecule has 5 heteroatoms. The Kier molecular flexibility index (Phi) is 5.37. The van der Waals surface area contributed by atoms with Crippen molar-refractivity contribution in [1.82, 2.24) is 14.7 Å². The van der Waals surface area contributed by atoms with Crippen molar-refractivity contribution in [2.24, 2.45) is 5.92 Å². The maximum atomic E-state index is 12.3. The van der Waals surface area contributed by atoms with Crippen molar-refractivity contribution in [2.75, 3.05) is 6.61 Å². The van der Waals surface area contributed by atoms with E-state index in [4.69, 9.17) is 4.74 Å². The van der Waals surface area contributed by atoms with Crippen LogP contribution in [0.4, 0.5) is 0 Å². The molecule has 1 fully saturated rings. The van der Waals surface area contributed by atoms with Crippen LogP contribution in [0.1, 0.15) is 48.2 Å². The third kappa shape index (κ3) is 4.48. The quantitative estimate of drug-likeness (QED) is 0.713. The fourth-order valence-corrected chi connectivity index (χ4v) is 3.59. The first-order valence-electron chi connectivity index (χ1n) is 9.71. The molecule has 0 unspecified atom stereocenters. The van der Waals surface area contributed by atoms with Gasteiger partial charge in [-0.05, 0) is 48.6 Å². The van der Waals surface area contributed by atoms with Gasteiger partial charge in [0.05, 0.1) is 6.61 Å². The molecule has 0 aliphatic heterocycles. The predicted molar refractivity (Wildman–Crippen MR) is 105 cm³/mol. The summed E-state index contributed by atoms with van der Waals surface area (Å²) in [7, 11) is 0. The van der Waals surface area contributed by atoms with Crippen LogP contribution in [0, 0.1) is 5.92 Å². The van der Waals surface area contributed by atoms with Crippen molar-refractivity contribution >= 4 is 11.6 Å². The number of benzene rings is 1. The molecule has 2 heterocycles. The van der Waals surface area contributed by atoms with Crippen molar-refractivity contribution in [3.63, 3.8) is 0 Å². The smallest absolute Gasteiger partial charge is 0.271 e. The second-order valence-electron chi connectivity index (χ2n) is 7.23. The highest BCUT2D eigenvalue weighted by atomic mass is 16.5. The van der Waals surface area contributed by atoms with Gasteiger partial charge in [0.2, 0.25) is 0 Å². The predicted octanol–water partition coefficient (Wildman–Crippen LogP) is 4.22. The highest BCUT2D eigenvalue weighted by Crippen LogP contribution is 2.24. The van der Waals surface area contributed by atoms with Crippen LogP contribution in [0.25, 0.3) is 5.65 Å². The van der Waals surface area contributed by atoms with Gasteiger partial charge >= 0.3 is 0 Å². The van der Waals surface area contributed by atoms with Gasteiger partial charge in [0.15, 0.2) is 0 Å². The van der Waals surface area contributed by atoms with Gasteiger partial charge in [0.25, 0.3) is 5.91 Å². The van der Waals surface area contributed by atoms with E-state index in [9.17, 15) is 4.79 Å². The van der Waals surface area contributed by atoms with Gasteiger partial charge in [-0.15, -0.1) is 0 Å². The van der Waals surface area contributed by atoms with Crippen molar-refractivity contribution < 1.29 is 9.53 Å². The van der Waals surface area contributed by atoms with Crippen molar-refractivity contribution in [2.45, 2.75) is 38.6 Å². The summed E-state index contributed by atoms with van der Waals surface area (Å²) in [5.74, 6) is 1.43. The van der Waals surface area contributed by atoms with Gasteiger partial charge in [-0.3, -0.25) is 4.79 Å². The molecule has 1 aliphatic rings. The lowest BCUT2D eigenvalue weighted by molar-refractivity contribution is 0.0946. The molecular formula is C22H25N3O2. The highest BCUT2D eigenvalue weighted by molar-refractivity contribution is 5.92. The first kappa shape index (κ1) is 17.6. The molecule has 2 aromatic heterocycles. The fourth-order valence-electron chi connectivity index (χ4n) is 3.59. The fraction of sp³-hybridized carbons (Fsp3) is 0.364. The normalized spacial score (nSPS) is 15.0. The number of ether oxygens (including phenoxy) is 1. The molecule has 4 rings (SSSR count). The van der Waals surface area contributed by atoms with Crippen LogP contribution in [-0.4, -0.2) is 21.9 Å². The molecule has 1 aliphatic carbocycles. The zero-order valence-electron chi connectivity index (χ0n) is 15.4. The van der Waals surface area contributed by atoms with Crippen LogP contribution >= 0.6 is 0 Å². The first-order valence-corrected chi connectivity index (χ1v) is 9.71. The molecular weight excluding hydrogens is 338 g/mol. The molecule has 1 amide bonds. The molecule has 140 valence electrons. The number of carbonyl (C=O) groups is 1. The minimum atomic E-state index is -0.170. The van der Waals surface area contributed by atoms with E-state index in [1.165, 1.54) is 32.1 Å². The minimum absolute atomic E-state index is 0.170. The van der Waals surface area contributed by atoms with Crippen molar-refractivity contribution in [3.05, 3.63) is 66.1 Å². The number of aromatic nitrogens is 2. The molecule has 1 N–H and O–H groups in total. The summed E-state index contributed by atoms with van der Waals surface area (Å²) in [5, 5.41) is 2.92. The summed E-state index contributed by atoms with van der Waals surface area (Å²) in [4.78, 5) is 16.7. The molecule has 0 atom stereocenters. The number of carbonyl (C=O) groups excluding carboxylic acids is 1. The van der Waals surface area contributed by atoms with E-state index in [0.29, 0.717) is 18.2 Å². The molecule has 0 spiro atoms. The van der Waals surface area contributed by atoms with Gasteiger partial charge in [-0.1, -0.05) is 37.5 Å². The number of hydrogen-bond donors (Lipinski definition) is 1. The Balaban J connectivity index is 1.28. The first-order chi connectivity index (χ1) is 13.3. The largest absolute Gasteiger partial charge is 0.493 e. The molecule has 0 bridgehead atoms. The van der Waals surface area contributed by atoms with Gasteiger partial charge < -0.3 is 14.5 Å². The van der Waals surface area contributed by atoms with E-state index in [2.05, 4.69) is 10.3 Å². The third-order valence-corrected chi connectivity index (χ3v) is 5.18. The second-order valence-corrected chi connectivity index (χ2v) is 7.23. The number of nitrogens with one attached hydrogen (secondary N) is 1. The lowest BCUT2D eigenvalue weighted by Gasteiger charge is -2.21. The molecule has 0 radical (unpaired) electrons. The molecule has 3 aromatic rings. The third-order valence-electron chi connectivity index (χ3n) is 5.18. The standard InChI is InChI=1S/C22H25N3O2/c26-22(20-15-25-13-5-4-8-21(25)24-20)23-14-17-9-11-19(12-10-17)27-16-18-6-2-1-3-7-18/h4-5,8-13,15,18H,1-3,6-7,14,16H2,(H,23,26). The van der Waals surface area contributed by atoms with Crippen LogP contribution in [0.2, 0.25) is 0 Å². The minimum Gasteiger partial charge on any atom is -0.493 e. The monoisotopic (exact) mass is 363 g/mol. The molecule has 27 heavy (non-hydrogen) atoms. The van der Waals surface area contributed by atoms with E-state index in [1.807, 2.05) is 53.1 Å². The molecule has 0 saturated heterocycles. The zero-order valence-corrected chi connectivity index (χ0v) is 15.4. The summed E-state index contributed by atoms with van der Waals surface area (Å²) in [6, 6.07) is 13.7. The topological polar surface area (TPSA) is 55.6 Å². The van der Waals surface area contributed by atoms with Crippen LogP contribution < -0.4 is 10.1 Å². The average Bonchev–Trinajstić information content (AvgIpc) is 3.16. The molecule has 1 saturated carbocycles. The Morgan fingerprint density at radius 1 is 1.11 bits per heavy atom. The Morgan fingerprint density at radius 2 is 1.93 bits per heavy atom. The molecule has 5 nitrogen and oxygen atoms in total. The van der Waals surface area contributed by atoms with E-state index in [1.54, 1.807) is 6.20 Å². The average molecular weight is 363 g/mol. The van der Waals surface area contributed by atoms with E-state index in [-0.39, 0.29) is 5.91 Å². The number of pyridine rings is 1. The number of hydrogen-bond acceptors (Lipinski definition) is 3. The summed E-state index contributed by atoms with van der Waals surface area (Å²) >= 11 is 0. The molecule has 1 aromatic carbocycles. The van der Waals surface area contributed by atoms with E-state index >= 15 is 0 Å². The lowest BCUT2D eigenvalue weighted by atomic mass is 9.90. The van der Waals surface area contributed by atoms with Crippen molar-refractivity contribution in [3.8, 4) is 5.75 Å². The van der Waals surface area contributed by atoms with Crippen LogP contribution in [0.3, 0.4) is 0 Å².